The van der Waals surface area contributed by atoms with Gasteiger partial charge in [0.1, 0.15) is 12.2 Å². The maximum atomic E-state index is 13.3. The molecule has 1 aromatic carbocycles. The Morgan fingerprint density at radius 2 is 2.10 bits per heavy atom. The number of ether oxygens (including phenoxy) is 1. The van der Waals surface area contributed by atoms with Gasteiger partial charge in [-0.3, -0.25) is 14.4 Å². The highest BCUT2D eigenvalue weighted by atomic mass is 19.1. The average molecular weight is 293 g/mol. The number of carbonyl (C=O) groups is 3. The van der Waals surface area contributed by atoms with Crippen molar-refractivity contribution in [2.75, 3.05) is 18.1 Å². The van der Waals surface area contributed by atoms with Crippen LogP contribution in [0.4, 0.5) is 10.1 Å². The van der Waals surface area contributed by atoms with Crippen molar-refractivity contribution in [3.05, 3.63) is 29.6 Å². The minimum atomic E-state index is -0.619. The second kappa shape index (κ2) is 6.47. The van der Waals surface area contributed by atoms with Gasteiger partial charge >= 0.3 is 5.97 Å². The van der Waals surface area contributed by atoms with Crippen molar-refractivity contribution in [2.45, 2.75) is 26.2 Å². The van der Waals surface area contributed by atoms with Crippen LogP contribution in [0.5, 0.6) is 0 Å². The van der Waals surface area contributed by atoms with Gasteiger partial charge in [0.05, 0.1) is 18.8 Å². The van der Waals surface area contributed by atoms with Gasteiger partial charge in [-0.2, -0.15) is 0 Å². The zero-order valence-electron chi connectivity index (χ0n) is 11.7. The van der Waals surface area contributed by atoms with Crippen molar-refractivity contribution in [3.63, 3.8) is 0 Å². The predicted molar refractivity (Wildman–Crippen MR) is 73.3 cm³/mol. The standard InChI is InChI=1S/C15H16FNO4/c1-2-21-15(20)8-12(18)9-17-13-7-11(16)5-3-10(13)4-6-14(17)19/h3,5,7H,2,4,6,8-9H2,1H3. The molecule has 6 heteroatoms. The third-order valence-corrected chi connectivity index (χ3v) is 3.23. The van der Waals surface area contributed by atoms with E-state index in [9.17, 15) is 18.8 Å². The van der Waals surface area contributed by atoms with Crippen molar-refractivity contribution in [1.29, 1.82) is 0 Å². The number of hydrogen-bond acceptors (Lipinski definition) is 4. The van der Waals surface area contributed by atoms with Crippen LogP contribution in [0.15, 0.2) is 18.2 Å². The highest BCUT2D eigenvalue weighted by molar-refractivity contribution is 6.05. The summed E-state index contributed by atoms with van der Waals surface area (Å²) in [5.41, 5.74) is 1.23. The molecule has 0 fully saturated rings. The van der Waals surface area contributed by atoms with Crippen molar-refractivity contribution in [1.82, 2.24) is 0 Å². The molecule has 0 N–H and O–H groups in total. The number of rotatable bonds is 5. The Morgan fingerprint density at radius 1 is 1.33 bits per heavy atom. The van der Waals surface area contributed by atoms with Crippen molar-refractivity contribution < 1.29 is 23.5 Å². The SMILES string of the molecule is CCOC(=O)CC(=O)CN1C(=O)CCc2ccc(F)cc21. The third-order valence-electron chi connectivity index (χ3n) is 3.23. The molecule has 21 heavy (non-hydrogen) atoms. The number of anilines is 1. The van der Waals surface area contributed by atoms with E-state index in [2.05, 4.69) is 0 Å². The van der Waals surface area contributed by atoms with Crippen molar-refractivity contribution in [2.24, 2.45) is 0 Å². The molecule has 1 heterocycles. The van der Waals surface area contributed by atoms with Crippen LogP contribution in [0, 0.1) is 5.82 Å². The Labute approximate surface area is 121 Å². The van der Waals surface area contributed by atoms with E-state index >= 15 is 0 Å². The van der Waals surface area contributed by atoms with Gasteiger partial charge in [-0.05, 0) is 31.0 Å². The number of Topliss-reactive ketones (excluding diaryl/α,β-unsaturated/α-hetero) is 1. The summed E-state index contributed by atoms with van der Waals surface area (Å²) in [6, 6.07) is 4.18. The lowest BCUT2D eigenvalue weighted by Crippen LogP contribution is -2.39. The number of amides is 1. The summed E-state index contributed by atoms with van der Waals surface area (Å²) < 4.78 is 18.0. The first-order chi connectivity index (χ1) is 10.0. The quantitative estimate of drug-likeness (QED) is 0.611. The molecular weight excluding hydrogens is 277 g/mol. The van der Waals surface area contributed by atoms with E-state index < -0.39 is 17.6 Å². The molecule has 0 bridgehead atoms. The lowest BCUT2D eigenvalue weighted by Gasteiger charge is -2.28. The first kappa shape index (κ1) is 15.2. The maximum Gasteiger partial charge on any atom is 0.313 e. The van der Waals surface area contributed by atoms with E-state index in [0.717, 1.165) is 5.56 Å². The van der Waals surface area contributed by atoms with E-state index in [1.165, 1.54) is 17.0 Å². The third kappa shape index (κ3) is 3.65. The molecule has 0 saturated carbocycles. The number of fused-ring (bicyclic) bond motifs is 1. The van der Waals surface area contributed by atoms with Crippen molar-refractivity contribution >= 4 is 23.3 Å². The minimum Gasteiger partial charge on any atom is -0.466 e. The molecule has 0 saturated heterocycles. The largest absolute Gasteiger partial charge is 0.466 e. The number of aryl methyl sites for hydroxylation is 1. The van der Waals surface area contributed by atoms with Crippen LogP contribution in [0.3, 0.4) is 0 Å². The zero-order chi connectivity index (χ0) is 15.4. The fourth-order valence-corrected chi connectivity index (χ4v) is 2.29. The first-order valence-electron chi connectivity index (χ1n) is 6.77. The molecule has 112 valence electrons. The number of esters is 1. The van der Waals surface area contributed by atoms with Crippen LogP contribution in [0.25, 0.3) is 0 Å². The van der Waals surface area contributed by atoms with Crippen LogP contribution < -0.4 is 4.90 Å². The number of hydrogen-bond donors (Lipinski definition) is 0. The Hall–Kier alpha value is -2.24. The van der Waals surface area contributed by atoms with E-state index in [0.29, 0.717) is 12.1 Å². The molecule has 1 aromatic rings. The molecule has 0 atom stereocenters. The van der Waals surface area contributed by atoms with Crippen LogP contribution in [-0.2, 0) is 25.5 Å². The number of benzene rings is 1. The molecule has 0 aliphatic carbocycles. The molecule has 0 unspecified atom stereocenters. The summed E-state index contributed by atoms with van der Waals surface area (Å²) >= 11 is 0. The molecule has 1 amide bonds. The minimum absolute atomic E-state index is 0.197. The Morgan fingerprint density at radius 3 is 2.81 bits per heavy atom. The van der Waals surface area contributed by atoms with Gasteiger partial charge < -0.3 is 9.64 Å². The van der Waals surface area contributed by atoms with Gasteiger partial charge in [-0.15, -0.1) is 0 Å². The molecule has 0 aromatic heterocycles. The van der Waals surface area contributed by atoms with E-state index in [4.69, 9.17) is 4.74 Å². The smallest absolute Gasteiger partial charge is 0.313 e. The number of halogens is 1. The summed E-state index contributed by atoms with van der Waals surface area (Å²) in [5.74, 6) is -1.76. The van der Waals surface area contributed by atoms with E-state index in [-0.39, 0.29) is 31.9 Å². The number of carbonyl (C=O) groups excluding carboxylic acids is 3. The van der Waals surface area contributed by atoms with Gasteiger partial charge in [-0.1, -0.05) is 6.07 Å². The average Bonchev–Trinajstić information content (AvgIpc) is 2.42. The molecule has 1 aliphatic rings. The maximum absolute atomic E-state index is 13.3. The summed E-state index contributed by atoms with van der Waals surface area (Å²) in [6.45, 7) is 1.60. The molecule has 0 radical (unpaired) electrons. The van der Waals surface area contributed by atoms with Gasteiger partial charge in [-0.25, -0.2) is 4.39 Å². The molecule has 1 aliphatic heterocycles. The van der Waals surface area contributed by atoms with Gasteiger partial charge in [0.15, 0.2) is 5.78 Å². The van der Waals surface area contributed by atoms with E-state index in [1.54, 1.807) is 13.0 Å². The fourth-order valence-electron chi connectivity index (χ4n) is 2.29. The number of ketones is 1. The van der Waals surface area contributed by atoms with Crippen LogP contribution in [-0.4, -0.2) is 30.8 Å². The van der Waals surface area contributed by atoms with Gasteiger partial charge in [0, 0.05) is 6.42 Å². The van der Waals surface area contributed by atoms with Gasteiger partial charge in [0.25, 0.3) is 0 Å². The molecule has 0 spiro atoms. The Kier molecular flexibility index (Phi) is 4.67. The van der Waals surface area contributed by atoms with Crippen LogP contribution in [0.1, 0.15) is 25.3 Å². The first-order valence-corrected chi connectivity index (χ1v) is 6.77. The van der Waals surface area contributed by atoms with Crippen molar-refractivity contribution in [3.8, 4) is 0 Å². The monoisotopic (exact) mass is 293 g/mol. The highest BCUT2D eigenvalue weighted by Crippen LogP contribution is 2.28. The predicted octanol–water partition coefficient (Wildman–Crippen LogP) is 1.63. The summed E-state index contributed by atoms with van der Waals surface area (Å²) in [4.78, 5) is 36.3. The molecule has 2 rings (SSSR count). The fraction of sp³-hybridized carbons (Fsp3) is 0.400. The van der Waals surface area contributed by atoms with Crippen LogP contribution in [0.2, 0.25) is 0 Å². The highest BCUT2D eigenvalue weighted by Gasteiger charge is 2.27. The van der Waals surface area contributed by atoms with E-state index in [1.807, 2.05) is 0 Å². The van der Waals surface area contributed by atoms with Gasteiger partial charge in [0.2, 0.25) is 5.91 Å². The normalized spacial score (nSPS) is 13.8. The summed E-state index contributed by atoms with van der Waals surface area (Å²) in [6.07, 6.45) is 0.407. The second-order valence-corrected chi connectivity index (χ2v) is 4.77. The Balaban J connectivity index is 2.12. The lowest BCUT2D eigenvalue weighted by atomic mass is 10.0. The zero-order valence-corrected chi connectivity index (χ0v) is 11.7. The Bertz CT molecular complexity index is 585. The lowest BCUT2D eigenvalue weighted by molar-refractivity contribution is -0.145. The van der Waals surface area contributed by atoms with Crippen LogP contribution >= 0.6 is 0 Å². The molecular formula is C15H16FNO4. The molecule has 5 nitrogen and oxygen atoms in total. The number of nitrogens with zero attached hydrogens (tertiary/aromatic N) is 1. The summed E-state index contributed by atoms with van der Waals surface area (Å²) in [7, 11) is 0. The topological polar surface area (TPSA) is 63.7 Å². The summed E-state index contributed by atoms with van der Waals surface area (Å²) in [5, 5.41) is 0. The second-order valence-electron chi connectivity index (χ2n) is 4.77.